The van der Waals surface area contributed by atoms with E-state index in [4.69, 9.17) is 4.74 Å². The molecular weight excluding hydrogens is 222 g/mol. The second kappa shape index (κ2) is 4.64. The van der Waals surface area contributed by atoms with E-state index in [1.165, 1.54) is 0 Å². The van der Waals surface area contributed by atoms with Crippen molar-refractivity contribution in [3.63, 3.8) is 0 Å². The molecule has 2 aliphatic rings. The third-order valence-electron chi connectivity index (χ3n) is 3.86. The van der Waals surface area contributed by atoms with E-state index in [2.05, 4.69) is 5.32 Å². The maximum absolute atomic E-state index is 12.0. The SMILES string of the molecule is CC(C(=O)NC1(C(=O)O)CCOCC1)C1CC1. The van der Waals surface area contributed by atoms with Crippen LogP contribution >= 0.6 is 0 Å². The van der Waals surface area contributed by atoms with E-state index in [0.29, 0.717) is 32.0 Å². The number of nitrogens with one attached hydrogen (secondary N) is 1. The van der Waals surface area contributed by atoms with Crippen molar-refractivity contribution in [2.75, 3.05) is 13.2 Å². The fraction of sp³-hybridized carbons (Fsp3) is 0.833. The molecule has 0 aromatic carbocycles. The van der Waals surface area contributed by atoms with E-state index in [1.807, 2.05) is 6.92 Å². The van der Waals surface area contributed by atoms with E-state index in [9.17, 15) is 14.7 Å². The van der Waals surface area contributed by atoms with Crippen LogP contribution in [0.3, 0.4) is 0 Å². The van der Waals surface area contributed by atoms with Gasteiger partial charge in [0.15, 0.2) is 0 Å². The zero-order valence-electron chi connectivity index (χ0n) is 10.1. The normalized spacial score (nSPS) is 25.0. The Balaban J connectivity index is 2.01. The number of aliphatic carboxylic acids is 1. The molecule has 0 radical (unpaired) electrons. The number of carboxylic acids is 1. The molecule has 2 rings (SSSR count). The quantitative estimate of drug-likeness (QED) is 0.762. The number of carbonyl (C=O) groups is 2. The zero-order valence-corrected chi connectivity index (χ0v) is 10.1. The Hall–Kier alpha value is -1.10. The summed E-state index contributed by atoms with van der Waals surface area (Å²) in [5, 5.41) is 12.0. The van der Waals surface area contributed by atoms with E-state index >= 15 is 0 Å². The summed E-state index contributed by atoms with van der Waals surface area (Å²) in [6.45, 7) is 2.66. The number of carbonyl (C=O) groups excluding carboxylic acids is 1. The Morgan fingerprint density at radius 2 is 1.94 bits per heavy atom. The number of carboxylic acid groups (broad SMARTS) is 1. The van der Waals surface area contributed by atoms with Crippen molar-refractivity contribution in [3.05, 3.63) is 0 Å². The molecule has 1 unspecified atom stereocenters. The van der Waals surface area contributed by atoms with Crippen LogP contribution in [-0.2, 0) is 14.3 Å². The lowest BCUT2D eigenvalue weighted by atomic mass is 9.89. The van der Waals surface area contributed by atoms with Gasteiger partial charge in [0.1, 0.15) is 5.54 Å². The predicted octanol–water partition coefficient (Wildman–Crippen LogP) is 0.782. The van der Waals surface area contributed by atoms with Crippen LogP contribution in [0.4, 0.5) is 0 Å². The predicted molar refractivity (Wildman–Crippen MR) is 60.5 cm³/mol. The Morgan fingerprint density at radius 1 is 1.35 bits per heavy atom. The van der Waals surface area contributed by atoms with Crippen LogP contribution in [0, 0.1) is 11.8 Å². The molecule has 0 aromatic heterocycles. The molecule has 1 atom stereocenters. The molecule has 2 N–H and O–H groups in total. The van der Waals surface area contributed by atoms with Crippen molar-refractivity contribution in [3.8, 4) is 0 Å². The van der Waals surface area contributed by atoms with Gasteiger partial charge in [0.25, 0.3) is 0 Å². The first-order valence-electron chi connectivity index (χ1n) is 6.18. The van der Waals surface area contributed by atoms with Crippen molar-refractivity contribution in [2.24, 2.45) is 11.8 Å². The lowest BCUT2D eigenvalue weighted by Crippen LogP contribution is -2.58. The van der Waals surface area contributed by atoms with Gasteiger partial charge in [-0.2, -0.15) is 0 Å². The van der Waals surface area contributed by atoms with E-state index in [0.717, 1.165) is 12.8 Å². The van der Waals surface area contributed by atoms with Crippen LogP contribution < -0.4 is 5.32 Å². The molecule has 17 heavy (non-hydrogen) atoms. The van der Waals surface area contributed by atoms with Crippen LogP contribution in [0.2, 0.25) is 0 Å². The zero-order chi connectivity index (χ0) is 12.5. The largest absolute Gasteiger partial charge is 0.480 e. The summed E-state index contributed by atoms with van der Waals surface area (Å²) < 4.78 is 5.16. The van der Waals surface area contributed by atoms with Crippen molar-refractivity contribution in [1.82, 2.24) is 5.32 Å². The highest BCUT2D eigenvalue weighted by molar-refractivity contribution is 5.88. The van der Waals surface area contributed by atoms with Crippen LogP contribution in [0.15, 0.2) is 0 Å². The fourth-order valence-electron chi connectivity index (χ4n) is 2.27. The summed E-state index contributed by atoms with van der Waals surface area (Å²) in [6.07, 6.45) is 2.87. The third kappa shape index (κ3) is 2.60. The standard InChI is InChI=1S/C12H19NO4/c1-8(9-2-3-9)10(14)13-12(11(15)16)4-6-17-7-5-12/h8-9H,2-7H2,1H3,(H,13,14)(H,15,16). The minimum absolute atomic E-state index is 0.0749. The van der Waals surface area contributed by atoms with Gasteiger partial charge in [-0.05, 0) is 18.8 Å². The number of amides is 1. The lowest BCUT2D eigenvalue weighted by molar-refractivity contribution is -0.152. The van der Waals surface area contributed by atoms with Gasteiger partial charge in [-0.3, -0.25) is 4.79 Å². The average Bonchev–Trinajstić information content (AvgIpc) is 3.13. The van der Waals surface area contributed by atoms with E-state index in [1.54, 1.807) is 0 Å². The van der Waals surface area contributed by atoms with Crippen LogP contribution in [0.1, 0.15) is 32.6 Å². The summed E-state index contributed by atoms with van der Waals surface area (Å²) in [5.41, 5.74) is -1.11. The maximum atomic E-state index is 12.0. The first-order valence-corrected chi connectivity index (χ1v) is 6.18. The Labute approximate surface area is 101 Å². The Kier molecular flexibility index (Phi) is 3.38. The highest BCUT2D eigenvalue weighted by Crippen LogP contribution is 2.37. The van der Waals surface area contributed by atoms with Gasteiger partial charge in [-0.1, -0.05) is 6.92 Å². The van der Waals surface area contributed by atoms with Crippen molar-refractivity contribution >= 4 is 11.9 Å². The molecule has 96 valence electrons. The summed E-state index contributed by atoms with van der Waals surface area (Å²) in [5.74, 6) is -0.705. The smallest absolute Gasteiger partial charge is 0.329 e. The van der Waals surface area contributed by atoms with Gasteiger partial charge < -0.3 is 15.2 Å². The molecule has 1 aliphatic heterocycles. The Bertz CT molecular complexity index is 318. The van der Waals surface area contributed by atoms with Crippen molar-refractivity contribution in [2.45, 2.75) is 38.1 Å². The number of hydrogen-bond donors (Lipinski definition) is 2. The second-order valence-electron chi connectivity index (χ2n) is 5.11. The first kappa shape index (κ1) is 12.4. The van der Waals surface area contributed by atoms with Gasteiger partial charge in [-0.15, -0.1) is 0 Å². The van der Waals surface area contributed by atoms with Crippen molar-refractivity contribution < 1.29 is 19.4 Å². The number of rotatable bonds is 4. The molecule has 1 aliphatic carbocycles. The second-order valence-corrected chi connectivity index (χ2v) is 5.11. The van der Waals surface area contributed by atoms with Gasteiger partial charge in [0.05, 0.1) is 0 Å². The molecule has 1 saturated carbocycles. The molecule has 5 heteroatoms. The van der Waals surface area contributed by atoms with E-state index in [-0.39, 0.29) is 11.8 Å². The third-order valence-corrected chi connectivity index (χ3v) is 3.86. The minimum Gasteiger partial charge on any atom is -0.480 e. The van der Waals surface area contributed by atoms with E-state index < -0.39 is 11.5 Å². The van der Waals surface area contributed by atoms with Gasteiger partial charge in [-0.25, -0.2) is 4.79 Å². The molecule has 1 heterocycles. The summed E-state index contributed by atoms with van der Waals surface area (Å²) in [4.78, 5) is 23.3. The summed E-state index contributed by atoms with van der Waals surface area (Å²) in [6, 6.07) is 0. The molecule has 0 aromatic rings. The van der Waals surface area contributed by atoms with Crippen LogP contribution in [0.25, 0.3) is 0 Å². The van der Waals surface area contributed by atoms with Crippen LogP contribution in [0.5, 0.6) is 0 Å². The Morgan fingerprint density at radius 3 is 2.41 bits per heavy atom. The fourth-order valence-corrected chi connectivity index (χ4v) is 2.27. The highest BCUT2D eigenvalue weighted by Gasteiger charge is 2.43. The maximum Gasteiger partial charge on any atom is 0.329 e. The number of hydrogen-bond acceptors (Lipinski definition) is 3. The lowest BCUT2D eigenvalue weighted by Gasteiger charge is -2.34. The topological polar surface area (TPSA) is 75.6 Å². The van der Waals surface area contributed by atoms with Gasteiger partial charge in [0, 0.05) is 32.0 Å². The molecule has 1 saturated heterocycles. The number of ether oxygens (including phenoxy) is 1. The minimum atomic E-state index is -1.11. The van der Waals surface area contributed by atoms with Gasteiger partial charge >= 0.3 is 5.97 Å². The van der Waals surface area contributed by atoms with Gasteiger partial charge in [0.2, 0.25) is 5.91 Å². The molecule has 0 bridgehead atoms. The summed E-state index contributed by atoms with van der Waals surface area (Å²) in [7, 11) is 0. The molecule has 0 spiro atoms. The first-order chi connectivity index (χ1) is 8.05. The molecule has 2 fully saturated rings. The summed E-state index contributed by atoms with van der Waals surface area (Å²) >= 11 is 0. The van der Waals surface area contributed by atoms with Crippen molar-refractivity contribution in [1.29, 1.82) is 0 Å². The average molecular weight is 241 g/mol. The molecule has 1 amide bonds. The highest BCUT2D eigenvalue weighted by atomic mass is 16.5. The molecule has 5 nitrogen and oxygen atoms in total. The molecular formula is C12H19NO4. The van der Waals surface area contributed by atoms with Crippen LogP contribution in [-0.4, -0.2) is 35.7 Å². The monoisotopic (exact) mass is 241 g/mol.